The van der Waals surface area contributed by atoms with Gasteiger partial charge in [0, 0.05) is 6.42 Å². The van der Waals surface area contributed by atoms with Crippen molar-refractivity contribution in [2.24, 2.45) is 0 Å². The van der Waals surface area contributed by atoms with Crippen molar-refractivity contribution in [1.82, 2.24) is 0 Å². The largest absolute Gasteiger partial charge is 0.400 e. The molecule has 0 bridgehead atoms. The second-order valence-corrected chi connectivity index (χ2v) is 7.47. The van der Waals surface area contributed by atoms with Crippen LogP contribution < -0.4 is 0 Å². The summed E-state index contributed by atoms with van der Waals surface area (Å²) in [4.78, 5) is 0. The molecular weight excluding hydrogens is 388 g/mol. The minimum Gasteiger partial charge on any atom is -0.325 e. The van der Waals surface area contributed by atoms with E-state index in [1.165, 1.54) is 30.7 Å². The lowest BCUT2D eigenvalue weighted by Crippen LogP contribution is -2.47. The predicted octanol–water partition coefficient (Wildman–Crippen LogP) is 4.81. The molecule has 0 heterocycles. The Morgan fingerprint density at radius 1 is 0.885 bits per heavy atom. The number of hydrogen-bond donors (Lipinski definition) is 1. The molecule has 0 aromatic heterocycles. The third-order valence-electron chi connectivity index (χ3n) is 4.56. The van der Waals surface area contributed by atoms with E-state index in [0.29, 0.717) is 0 Å². The predicted molar refractivity (Wildman–Crippen MR) is 88.3 cm³/mol. The number of alkyl halides is 6. The van der Waals surface area contributed by atoms with Crippen LogP contribution in [-0.2, 0) is 10.1 Å². The highest BCUT2D eigenvalue weighted by atomic mass is 32.2. The van der Waals surface area contributed by atoms with Gasteiger partial charge in [-0.15, -0.1) is 0 Å². The first-order chi connectivity index (χ1) is 11.6. The van der Waals surface area contributed by atoms with Crippen LogP contribution in [0, 0.1) is 0 Å². The molecule has 4 nitrogen and oxygen atoms in total. The molecule has 0 rings (SSSR count). The van der Waals surface area contributed by atoms with Gasteiger partial charge in [-0.2, -0.15) is 30.4 Å². The molecule has 1 atom stereocenters. The number of unbranched alkanes of at least 4 members (excludes halogenated alkanes) is 1. The molecule has 0 aromatic carbocycles. The van der Waals surface area contributed by atoms with Gasteiger partial charge in [-0.1, -0.05) is 0 Å². The van der Waals surface area contributed by atoms with E-state index < -0.39 is 53.4 Å². The van der Waals surface area contributed by atoms with Gasteiger partial charge in [0.2, 0.25) is 0 Å². The van der Waals surface area contributed by atoms with E-state index in [4.69, 9.17) is 4.55 Å². The molecule has 0 amide bonds. The van der Waals surface area contributed by atoms with Crippen LogP contribution in [0.1, 0.15) is 53.4 Å². The summed E-state index contributed by atoms with van der Waals surface area (Å²) in [6.45, 7) is 14.2. The number of quaternary nitrogens is 1. The molecular formula is C15H30F6NO3S+. The fourth-order valence-electron chi connectivity index (χ4n) is 2.32. The Kier molecular flexibility index (Phi) is 12.1. The third-order valence-corrected chi connectivity index (χ3v) is 5.50. The highest BCUT2D eigenvalue weighted by Crippen LogP contribution is 2.31. The van der Waals surface area contributed by atoms with E-state index in [0.717, 1.165) is 0 Å². The van der Waals surface area contributed by atoms with E-state index in [1.807, 2.05) is 0 Å². The fraction of sp³-hybridized carbons (Fsp3) is 1.00. The normalized spacial score (nSPS) is 14.6. The number of rotatable bonds is 10. The summed E-state index contributed by atoms with van der Waals surface area (Å²) in [6, 6.07) is 0. The Bertz CT molecular complexity index is 461. The van der Waals surface area contributed by atoms with E-state index in [-0.39, 0.29) is 0 Å². The molecule has 26 heavy (non-hydrogen) atoms. The number of halogens is 6. The van der Waals surface area contributed by atoms with Crippen molar-refractivity contribution in [3.8, 4) is 0 Å². The zero-order valence-electron chi connectivity index (χ0n) is 15.6. The van der Waals surface area contributed by atoms with Gasteiger partial charge in [0.25, 0.3) is 0 Å². The van der Waals surface area contributed by atoms with Gasteiger partial charge < -0.3 is 4.48 Å². The molecule has 0 spiro atoms. The molecule has 0 aliphatic heterocycles. The molecule has 0 radical (unpaired) electrons. The average Bonchev–Trinajstić information content (AvgIpc) is 2.52. The summed E-state index contributed by atoms with van der Waals surface area (Å²) in [5, 5.41) is -4.99. The second kappa shape index (κ2) is 11.3. The highest BCUT2D eigenvalue weighted by Gasteiger charge is 2.52. The fourth-order valence-corrected chi connectivity index (χ4v) is 2.76. The SMILES string of the molecule is CC[N+](CC)(CC)CC.O=S(=O)(O)C(F)(F)C(F)CCCCC(F)(F)F. The standard InChI is InChI=1S/C8H20N.C7H10F6O3S/c1-5-9(6-2,7-3)8-4;8-5(7(12,13)17(14,15)16)3-1-2-4-6(9,10)11/h5-8H2,1-4H3;5H,1-4H2,(H,14,15,16)/q+1;. The van der Waals surface area contributed by atoms with Crippen LogP contribution in [0.2, 0.25) is 0 Å². The molecule has 0 aliphatic carbocycles. The lowest BCUT2D eigenvalue weighted by molar-refractivity contribution is -0.921. The molecule has 0 saturated carbocycles. The Morgan fingerprint density at radius 3 is 1.50 bits per heavy atom. The molecule has 0 fully saturated rings. The molecule has 11 heteroatoms. The van der Waals surface area contributed by atoms with Crippen molar-refractivity contribution in [3.63, 3.8) is 0 Å². The summed E-state index contributed by atoms with van der Waals surface area (Å²) >= 11 is 0. The van der Waals surface area contributed by atoms with Gasteiger partial charge in [0.05, 0.1) is 26.2 Å². The van der Waals surface area contributed by atoms with Crippen LogP contribution in [0.15, 0.2) is 0 Å². The lowest BCUT2D eigenvalue weighted by atomic mass is 10.1. The highest BCUT2D eigenvalue weighted by molar-refractivity contribution is 7.86. The topological polar surface area (TPSA) is 54.4 Å². The van der Waals surface area contributed by atoms with Crippen molar-refractivity contribution >= 4 is 10.1 Å². The van der Waals surface area contributed by atoms with Gasteiger partial charge in [0.1, 0.15) is 0 Å². The lowest BCUT2D eigenvalue weighted by Gasteiger charge is -2.34. The molecule has 1 N–H and O–H groups in total. The molecule has 0 aromatic rings. The van der Waals surface area contributed by atoms with Crippen LogP contribution in [-0.4, -0.2) is 61.2 Å². The van der Waals surface area contributed by atoms with Gasteiger partial charge in [0.15, 0.2) is 6.17 Å². The maximum Gasteiger partial charge on any atom is 0.400 e. The molecule has 0 aliphatic rings. The smallest absolute Gasteiger partial charge is 0.325 e. The Morgan fingerprint density at radius 2 is 1.27 bits per heavy atom. The van der Waals surface area contributed by atoms with Crippen LogP contribution in [0.3, 0.4) is 0 Å². The van der Waals surface area contributed by atoms with E-state index >= 15 is 0 Å². The molecule has 160 valence electrons. The monoisotopic (exact) mass is 418 g/mol. The number of hydrogen-bond acceptors (Lipinski definition) is 2. The summed E-state index contributed by atoms with van der Waals surface area (Å²) in [5.74, 6) is 0. The minimum atomic E-state index is -5.90. The Labute approximate surface area is 151 Å². The van der Waals surface area contributed by atoms with Gasteiger partial charge in [-0.3, -0.25) is 4.55 Å². The second-order valence-electron chi connectivity index (χ2n) is 5.97. The summed E-state index contributed by atoms with van der Waals surface area (Å²) in [5.41, 5.74) is 0. The van der Waals surface area contributed by atoms with Gasteiger partial charge >= 0.3 is 21.5 Å². The minimum absolute atomic E-state index is 0.564. The number of nitrogens with zero attached hydrogens (tertiary/aromatic N) is 1. The van der Waals surface area contributed by atoms with Crippen LogP contribution in [0.5, 0.6) is 0 Å². The zero-order valence-corrected chi connectivity index (χ0v) is 16.4. The first-order valence-electron chi connectivity index (χ1n) is 8.53. The van der Waals surface area contributed by atoms with Gasteiger partial charge in [-0.05, 0) is 47.0 Å². The van der Waals surface area contributed by atoms with E-state index in [9.17, 15) is 34.8 Å². The quantitative estimate of drug-likeness (QED) is 0.240. The molecule has 0 saturated heterocycles. The maximum absolute atomic E-state index is 12.7. The third kappa shape index (κ3) is 9.96. The molecule has 1 unspecified atom stereocenters. The van der Waals surface area contributed by atoms with Crippen molar-refractivity contribution in [3.05, 3.63) is 0 Å². The zero-order chi connectivity index (χ0) is 21.2. The van der Waals surface area contributed by atoms with Crippen molar-refractivity contribution in [2.45, 2.75) is 71.0 Å². The Hall–Kier alpha value is -0.550. The van der Waals surface area contributed by atoms with Crippen LogP contribution >= 0.6 is 0 Å². The first-order valence-corrected chi connectivity index (χ1v) is 9.97. The average molecular weight is 418 g/mol. The maximum atomic E-state index is 12.7. The van der Waals surface area contributed by atoms with E-state index in [2.05, 4.69) is 27.7 Å². The summed E-state index contributed by atoms with van der Waals surface area (Å²) in [6.07, 6.45) is -11.2. The van der Waals surface area contributed by atoms with Crippen LogP contribution in [0.4, 0.5) is 26.3 Å². The van der Waals surface area contributed by atoms with Crippen molar-refractivity contribution in [1.29, 1.82) is 0 Å². The summed E-state index contributed by atoms with van der Waals surface area (Å²) < 4.78 is 102. The van der Waals surface area contributed by atoms with Gasteiger partial charge in [-0.25, -0.2) is 4.39 Å². The van der Waals surface area contributed by atoms with Crippen LogP contribution in [0.25, 0.3) is 0 Å². The van der Waals surface area contributed by atoms with Crippen molar-refractivity contribution in [2.75, 3.05) is 26.2 Å². The van der Waals surface area contributed by atoms with Crippen molar-refractivity contribution < 1.29 is 43.8 Å². The summed E-state index contributed by atoms with van der Waals surface area (Å²) in [7, 11) is -5.90. The van der Waals surface area contributed by atoms with E-state index in [1.54, 1.807) is 0 Å². The first kappa shape index (κ1) is 27.7. The Balaban J connectivity index is 0.